The Morgan fingerprint density at radius 1 is 1.00 bits per heavy atom. The monoisotopic (exact) mass is 446 g/mol. The molecule has 1 heterocycles. The van der Waals surface area contributed by atoms with E-state index < -0.39 is 0 Å². The molecule has 0 aliphatic heterocycles. The number of aromatic nitrogens is 2. The molecule has 4 rings (SSSR count). The first kappa shape index (κ1) is 21.6. The van der Waals surface area contributed by atoms with Gasteiger partial charge in [0.2, 0.25) is 17.7 Å². The molecular formula is C25H23ClN4O2. The number of carbonyl (C=O) groups excluding carboxylic acids is 1. The van der Waals surface area contributed by atoms with Crippen LogP contribution in [-0.2, 0) is 17.8 Å². The zero-order chi connectivity index (χ0) is 22.3. The third kappa shape index (κ3) is 5.74. The summed E-state index contributed by atoms with van der Waals surface area (Å²) in [5.74, 6) is 0.723. The van der Waals surface area contributed by atoms with E-state index in [4.69, 9.17) is 16.0 Å². The van der Waals surface area contributed by atoms with E-state index in [0.29, 0.717) is 35.5 Å². The highest BCUT2D eigenvalue weighted by atomic mass is 35.5. The molecule has 4 aromatic rings. The van der Waals surface area contributed by atoms with Crippen molar-refractivity contribution in [1.29, 1.82) is 0 Å². The summed E-state index contributed by atoms with van der Waals surface area (Å²) in [5, 5.41) is 14.8. The summed E-state index contributed by atoms with van der Waals surface area (Å²) in [7, 11) is 0. The molecule has 32 heavy (non-hydrogen) atoms. The normalized spacial score (nSPS) is 10.7. The molecule has 0 atom stereocenters. The van der Waals surface area contributed by atoms with Crippen LogP contribution in [0.2, 0.25) is 5.02 Å². The van der Waals surface area contributed by atoms with E-state index in [2.05, 4.69) is 20.8 Å². The number of anilines is 2. The summed E-state index contributed by atoms with van der Waals surface area (Å²) < 4.78 is 5.68. The van der Waals surface area contributed by atoms with Crippen LogP contribution >= 0.6 is 11.6 Å². The van der Waals surface area contributed by atoms with E-state index in [0.717, 1.165) is 22.4 Å². The molecule has 0 saturated carbocycles. The fourth-order valence-electron chi connectivity index (χ4n) is 3.14. The summed E-state index contributed by atoms with van der Waals surface area (Å²) in [6.45, 7) is 2.69. The van der Waals surface area contributed by atoms with Crippen molar-refractivity contribution in [2.24, 2.45) is 0 Å². The number of hydrogen-bond acceptors (Lipinski definition) is 5. The van der Waals surface area contributed by atoms with Gasteiger partial charge in [-0.3, -0.25) is 4.79 Å². The summed E-state index contributed by atoms with van der Waals surface area (Å²) in [5.41, 5.74) is 4.62. The molecule has 0 fully saturated rings. The second kappa shape index (κ2) is 10.1. The second-order valence-electron chi connectivity index (χ2n) is 7.45. The SMILES string of the molecule is Cc1ccc(-c2nnc(CCC(=O)Nc3ccc(NCc4ccccc4)c(Cl)c3)o2)cc1. The van der Waals surface area contributed by atoms with Crippen molar-refractivity contribution in [1.82, 2.24) is 10.2 Å². The van der Waals surface area contributed by atoms with Gasteiger partial charge in [-0.25, -0.2) is 0 Å². The summed E-state index contributed by atoms with van der Waals surface area (Å²) in [6.07, 6.45) is 0.580. The average Bonchev–Trinajstić information content (AvgIpc) is 3.27. The maximum atomic E-state index is 12.3. The maximum absolute atomic E-state index is 12.3. The highest BCUT2D eigenvalue weighted by Gasteiger charge is 2.11. The van der Waals surface area contributed by atoms with Gasteiger partial charge in [-0.15, -0.1) is 10.2 Å². The van der Waals surface area contributed by atoms with Crippen molar-refractivity contribution in [2.45, 2.75) is 26.3 Å². The molecule has 0 saturated heterocycles. The van der Waals surface area contributed by atoms with E-state index in [1.54, 1.807) is 6.07 Å². The number of rotatable bonds is 8. The molecule has 2 N–H and O–H groups in total. The third-order valence-corrected chi connectivity index (χ3v) is 5.22. The first-order valence-electron chi connectivity index (χ1n) is 10.3. The van der Waals surface area contributed by atoms with Crippen LogP contribution in [0.1, 0.15) is 23.4 Å². The fourth-order valence-corrected chi connectivity index (χ4v) is 3.39. The number of nitrogens with one attached hydrogen (secondary N) is 2. The molecule has 162 valence electrons. The van der Waals surface area contributed by atoms with Gasteiger partial charge in [-0.1, -0.05) is 59.6 Å². The fraction of sp³-hybridized carbons (Fsp3) is 0.160. The highest BCUT2D eigenvalue weighted by Crippen LogP contribution is 2.26. The summed E-state index contributed by atoms with van der Waals surface area (Å²) in [4.78, 5) is 12.3. The van der Waals surface area contributed by atoms with Gasteiger partial charge in [0.25, 0.3) is 0 Å². The molecule has 0 spiro atoms. The topological polar surface area (TPSA) is 80.0 Å². The molecule has 0 bridgehead atoms. The minimum Gasteiger partial charge on any atom is -0.421 e. The lowest BCUT2D eigenvalue weighted by atomic mass is 10.1. The zero-order valence-corrected chi connectivity index (χ0v) is 18.4. The molecule has 0 unspecified atom stereocenters. The van der Waals surface area contributed by atoms with Gasteiger partial charge in [0, 0.05) is 30.6 Å². The minimum absolute atomic E-state index is 0.152. The number of benzene rings is 3. The lowest BCUT2D eigenvalue weighted by molar-refractivity contribution is -0.116. The molecule has 1 amide bonds. The van der Waals surface area contributed by atoms with Gasteiger partial charge < -0.3 is 15.1 Å². The molecule has 0 aliphatic carbocycles. The molecule has 0 aliphatic rings. The van der Waals surface area contributed by atoms with E-state index in [1.165, 1.54) is 0 Å². The Kier molecular flexibility index (Phi) is 6.82. The molecular weight excluding hydrogens is 424 g/mol. The number of amides is 1. The van der Waals surface area contributed by atoms with Gasteiger partial charge in [0.15, 0.2) is 0 Å². The van der Waals surface area contributed by atoms with Gasteiger partial charge in [-0.05, 0) is 42.8 Å². The zero-order valence-electron chi connectivity index (χ0n) is 17.6. The maximum Gasteiger partial charge on any atom is 0.247 e. The number of aryl methyl sites for hydroxylation is 2. The molecule has 3 aromatic carbocycles. The van der Waals surface area contributed by atoms with E-state index >= 15 is 0 Å². The molecule has 1 aromatic heterocycles. The second-order valence-corrected chi connectivity index (χ2v) is 7.86. The first-order valence-corrected chi connectivity index (χ1v) is 10.7. The largest absolute Gasteiger partial charge is 0.421 e. The first-order chi connectivity index (χ1) is 15.6. The van der Waals surface area contributed by atoms with Crippen LogP contribution in [0.4, 0.5) is 11.4 Å². The molecule has 7 heteroatoms. The molecule has 6 nitrogen and oxygen atoms in total. The van der Waals surface area contributed by atoms with E-state index in [-0.39, 0.29) is 12.3 Å². The predicted molar refractivity (Wildman–Crippen MR) is 127 cm³/mol. The summed E-state index contributed by atoms with van der Waals surface area (Å²) in [6, 6.07) is 23.3. The van der Waals surface area contributed by atoms with Crippen LogP contribution in [0, 0.1) is 6.92 Å². The number of carbonyl (C=O) groups is 1. The van der Waals surface area contributed by atoms with Crippen LogP contribution in [0.25, 0.3) is 11.5 Å². The Morgan fingerprint density at radius 3 is 2.53 bits per heavy atom. The van der Waals surface area contributed by atoms with Gasteiger partial charge in [0.1, 0.15) is 0 Å². The van der Waals surface area contributed by atoms with E-state index in [1.807, 2.05) is 73.7 Å². The van der Waals surface area contributed by atoms with Crippen LogP contribution in [0.5, 0.6) is 0 Å². The van der Waals surface area contributed by atoms with Crippen molar-refractivity contribution < 1.29 is 9.21 Å². The highest BCUT2D eigenvalue weighted by molar-refractivity contribution is 6.33. The van der Waals surface area contributed by atoms with E-state index in [9.17, 15) is 4.79 Å². The van der Waals surface area contributed by atoms with Crippen molar-refractivity contribution in [3.63, 3.8) is 0 Å². The van der Waals surface area contributed by atoms with Gasteiger partial charge >= 0.3 is 0 Å². The Morgan fingerprint density at radius 2 is 1.78 bits per heavy atom. The number of hydrogen-bond donors (Lipinski definition) is 2. The number of halogens is 1. The van der Waals surface area contributed by atoms with Crippen LogP contribution < -0.4 is 10.6 Å². The Bertz CT molecular complexity index is 1190. The van der Waals surface area contributed by atoms with Crippen molar-refractivity contribution in [3.8, 4) is 11.5 Å². The Labute approximate surface area is 191 Å². The predicted octanol–water partition coefficient (Wildman–Crippen LogP) is 5.88. The average molecular weight is 447 g/mol. The van der Waals surface area contributed by atoms with Crippen molar-refractivity contribution in [3.05, 3.63) is 94.8 Å². The smallest absolute Gasteiger partial charge is 0.247 e. The lowest BCUT2D eigenvalue weighted by Crippen LogP contribution is -2.12. The van der Waals surface area contributed by atoms with Gasteiger partial charge in [-0.2, -0.15) is 0 Å². The van der Waals surface area contributed by atoms with Crippen LogP contribution in [0.3, 0.4) is 0 Å². The van der Waals surface area contributed by atoms with Crippen molar-refractivity contribution in [2.75, 3.05) is 10.6 Å². The van der Waals surface area contributed by atoms with Crippen molar-refractivity contribution >= 4 is 28.9 Å². The molecule has 0 radical (unpaired) electrons. The quantitative estimate of drug-likeness (QED) is 0.353. The Balaban J connectivity index is 1.28. The third-order valence-electron chi connectivity index (χ3n) is 4.91. The number of nitrogens with zero attached hydrogens (tertiary/aromatic N) is 2. The lowest BCUT2D eigenvalue weighted by Gasteiger charge is -2.11. The minimum atomic E-state index is -0.152. The van der Waals surface area contributed by atoms with Crippen LogP contribution in [-0.4, -0.2) is 16.1 Å². The van der Waals surface area contributed by atoms with Gasteiger partial charge in [0.05, 0.1) is 10.7 Å². The standard InChI is InChI=1S/C25H23ClN4O2/c1-17-7-9-19(10-8-17)25-30-29-24(32-25)14-13-23(31)28-20-11-12-22(21(26)15-20)27-16-18-5-3-2-4-6-18/h2-12,15,27H,13-14,16H2,1H3,(H,28,31). The van der Waals surface area contributed by atoms with Crippen LogP contribution in [0.15, 0.2) is 77.2 Å². The summed E-state index contributed by atoms with van der Waals surface area (Å²) >= 11 is 6.38. The Hall–Kier alpha value is -3.64.